The van der Waals surface area contributed by atoms with Gasteiger partial charge in [0.2, 0.25) is 0 Å². The third-order valence-corrected chi connectivity index (χ3v) is 2.20. The Hall–Kier alpha value is -0.890. The van der Waals surface area contributed by atoms with Gasteiger partial charge in [0.05, 0.1) is 5.69 Å². The third-order valence-electron chi connectivity index (χ3n) is 1.29. The predicted octanol–water partition coefficient (Wildman–Crippen LogP) is -3.86. The van der Waals surface area contributed by atoms with Gasteiger partial charge in [0.15, 0.2) is 0 Å². The van der Waals surface area contributed by atoms with Crippen LogP contribution in [0.1, 0.15) is 9.67 Å². The SMILES string of the molecule is O=C([O-])C(=O)Nc1ccsc1C(=O)O.[Na+]. The number of carboxylic acid groups (broad SMARTS) is 2. The normalized spacial score (nSPS) is 8.80. The number of carbonyl (C=O) groups is 3. The van der Waals surface area contributed by atoms with Crippen LogP contribution in [0.5, 0.6) is 0 Å². The second-order valence-corrected chi connectivity index (χ2v) is 3.13. The van der Waals surface area contributed by atoms with E-state index in [1.54, 1.807) is 0 Å². The first-order valence-electron chi connectivity index (χ1n) is 3.35. The molecule has 1 aromatic rings. The fraction of sp³-hybridized carbons (Fsp3) is 0. The summed E-state index contributed by atoms with van der Waals surface area (Å²) in [7, 11) is 0. The molecule has 0 atom stereocenters. The van der Waals surface area contributed by atoms with Gasteiger partial charge in [-0.05, 0) is 11.4 Å². The van der Waals surface area contributed by atoms with E-state index in [4.69, 9.17) is 5.11 Å². The molecule has 0 saturated carbocycles. The van der Waals surface area contributed by atoms with E-state index in [2.05, 4.69) is 0 Å². The monoisotopic (exact) mass is 237 g/mol. The van der Waals surface area contributed by atoms with Crippen molar-refractivity contribution in [2.45, 2.75) is 0 Å². The maximum atomic E-state index is 10.6. The number of thiophene rings is 1. The molecule has 0 spiro atoms. The summed E-state index contributed by atoms with van der Waals surface area (Å²) in [6.45, 7) is 0. The average molecular weight is 237 g/mol. The Labute approximate surface area is 110 Å². The number of nitrogens with one attached hydrogen (secondary N) is 1. The molecule has 0 fully saturated rings. The standard InChI is InChI=1S/C7H5NO5S.Na/c9-5(7(12)13)8-3-1-2-14-4(3)6(10)11;/h1-2H,(H,8,9)(H,10,11)(H,12,13);/q;+1/p-1. The summed E-state index contributed by atoms with van der Waals surface area (Å²) < 4.78 is 0. The zero-order valence-electron chi connectivity index (χ0n) is 7.64. The Morgan fingerprint density at radius 3 is 2.47 bits per heavy atom. The van der Waals surface area contributed by atoms with E-state index in [-0.39, 0.29) is 40.1 Å². The molecule has 1 rings (SSSR count). The second-order valence-electron chi connectivity index (χ2n) is 2.21. The molecule has 1 heterocycles. The van der Waals surface area contributed by atoms with Gasteiger partial charge in [0.25, 0.3) is 5.91 Å². The Balaban J connectivity index is 0.00000196. The van der Waals surface area contributed by atoms with Crippen molar-refractivity contribution in [3.05, 3.63) is 16.3 Å². The van der Waals surface area contributed by atoms with Gasteiger partial charge in [-0.2, -0.15) is 0 Å². The second kappa shape index (κ2) is 5.86. The van der Waals surface area contributed by atoms with Crippen molar-refractivity contribution in [1.29, 1.82) is 0 Å². The van der Waals surface area contributed by atoms with E-state index in [0.29, 0.717) is 0 Å². The smallest absolute Gasteiger partial charge is 0.540 e. The molecule has 1 amide bonds. The van der Waals surface area contributed by atoms with Crippen molar-refractivity contribution in [3.63, 3.8) is 0 Å². The minimum absolute atomic E-state index is 0. The van der Waals surface area contributed by atoms with Crippen LogP contribution in [0.4, 0.5) is 5.69 Å². The number of carboxylic acids is 2. The van der Waals surface area contributed by atoms with Gasteiger partial charge >= 0.3 is 35.5 Å². The van der Waals surface area contributed by atoms with Gasteiger partial charge in [-0.3, -0.25) is 4.79 Å². The Bertz CT molecular complexity index is 402. The quantitative estimate of drug-likeness (QED) is 0.404. The van der Waals surface area contributed by atoms with Crippen LogP contribution in [0.25, 0.3) is 0 Å². The number of hydrogen-bond donors (Lipinski definition) is 2. The van der Waals surface area contributed by atoms with Gasteiger partial charge in [-0.15, -0.1) is 11.3 Å². The number of anilines is 1. The first kappa shape index (κ1) is 14.1. The van der Waals surface area contributed by atoms with Crippen LogP contribution in [0.3, 0.4) is 0 Å². The zero-order chi connectivity index (χ0) is 10.7. The minimum atomic E-state index is -1.91. The van der Waals surface area contributed by atoms with Gasteiger partial charge in [0.1, 0.15) is 10.8 Å². The van der Waals surface area contributed by atoms with Gasteiger partial charge in [0, 0.05) is 0 Å². The van der Waals surface area contributed by atoms with Gasteiger partial charge < -0.3 is 20.3 Å². The van der Waals surface area contributed by atoms with Crippen molar-refractivity contribution in [1.82, 2.24) is 0 Å². The van der Waals surface area contributed by atoms with E-state index in [0.717, 1.165) is 11.3 Å². The number of amides is 1. The number of aromatic carboxylic acids is 1. The average Bonchev–Trinajstić information content (AvgIpc) is 2.52. The molecule has 1 aromatic heterocycles. The summed E-state index contributed by atoms with van der Waals surface area (Å²) in [6, 6.07) is 1.30. The van der Waals surface area contributed by atoms with Crippen LogP contribution in [0.2, 0.25) is 0 Å². The number of rotatable bonds is 2. The van der Waals surface area contributed by atoms with E-state index in [1.165, 1.54) is 11.4 Å². The summed E-state index contributed by atoms with van der Waals surface area (Å²) in [6.07, 6.45) is 0. The minimum Gasteiger partial charge on any atom is -0.540 e. The number of aliphatic carboxylic acids is 1. The van der Waals surface area contributed by atoms with Crippen LogP contribution in [0.15, 0.2) is 11.4 Å². The third kappa shape index (κ3) is 3.63. The predicted molar refractivity (Wildman–Crippen MR) is 44.9 cm³/mol. The molecule has 74 valence electrons. The molecule has 0 bridgehead atoms. The van der Waals surface area contributed by atoms with Crippen molar-refractivity contribution in [2.24, 2.45) is 0 Å². The molecule has 0 aliphatic heterocycles. The molecule has 0 aromatic carbocycles. The van der Waals surface area contributed by atoms with E-state index < -0.39 is 17.8 Å². The molecule has 6 nitrogen and oxygen atoms in total. The molecule has 0 aliphatic carbocycles. The zero-order valence-corrected chi connectivity index (χ0v) is 10.5. The van der Waals surface area contributed by atoms with E-state index in [9.17, 15) is 19.5 Å². The first-order chi connectivity index (χ1) is 6.52. The molecule has 0 aliphatic rings. The summed E-state index contributed by atoms with van der Waals surface area (Å²) in [5.74, 6) is -4.51. The van der Waals surface area contributed by atoms with E-state index in [1.807, 2.05) is 5.32 Å². The van der Waals surface area contributed by atoms with Crippen LogP contribution < -0.4 is 40.0 Å². The first-order valence-corrected chi connectivity index (χ1v) is 4.23. The molecule has 0 unspecified atom stereocenters. The van der Waals surface area contributed by atoms with Crippen LogP contribution in [-0.2, 0) is 9.59 Å². The maximum absolute atomic E-state index is 10.6. The molecule has 0 radical (unpaired) electrons. The topological polar surface area (TPSA) is 107 Å². The summed E-state index contributed by atoms with van der Waals surface area (Å²) in [4.78, 5) is 31.1. The Kier molecular flexibility index (Phi) is 5.51. The fourth-order valence-corrected chi connectivity index (χ4v) is 1.43. The molecule has 0 saturated heterocycles. The van der Waals surface area contributed by atoms with Crippen LogP contribution in [0, 0.1) is 0 Å². The molecule has 15 heavy (non-hydrogen) atoms. The van der Waals surface area contributed by atoms with Crippen molar-refractivity contribution < 1.29 is 54.2 Å². The molecular weight excluding hydrogens is 233 g/mol. The molecular formula is C7H4NNaO5S. The van der Waals surface area contributed by atoms with Gasteiger partial charge in [-0.25, -0.2) is 4.79 Å². The van der Waals surface area contributed by atoms with Crippen LogP contribution >= 0.6 is 11.3 Å². The number of carbonyl (C=O) groups excluding carboxylic acids is 2. The van der Waals surface area contributed by atoms with Crippen LogP contribution in [-0.4, -0.2) is 23.0 Å². The van der Waals surface area contributed by atoms with E-state index >= 15 is 0 Å². The number of hydrogen-bond acceptors (Lipinski definition) is 5. The summed E-state index contributed by atoms with van der Waals surface area (Å²) in [5.41, 5.74) is -0.0447. The van der Waals surface area contributed by atoms with Crippen molar-refractivity contribution in [2.75, 3.05) is 5.32 Å². The Morgan fingerprint density at radius 1 is 1.40 bits per heavy atom. The van der Waals surface area contributed by atoms with Gasteiger partial charge in [-0.1, -0.05) is 0 Å². The molecule has 8 heteroatoms. The summed E-state index contributed by atoms with van der Waals surface area (Å²) >= 11 is 0.884. The molecule has 2 N–H and O–H groups in total. The maximum Gasteiger partial charge on any atom is 1.00 e. The van der Waals surface area contributed by atoms with Crippen molar-refractivity contribution >= 4 is 34.9 Å². The Morgan fingerprint density at radius 2 is 2.00 bits per heavy atom. The fourth-order valence-electron chi connectivity index (χ4n) is 0.747. The van der Waals surface area contributed by atoms with Crippen molar-refractivity contribution in [3.8, 4) is 0 Å². The summed E-state index contributed by atoms with van der Waals surface area (Å²) in [5, 5.41) is 22.0. The largest absolute Gasteiger partial charge is 1.00 e.